The SMILES string of the molecule is Cc1cc(F)cc(C(Cl)c2ccc(Br)s2)c1. The van der Waals surface area contributed by atoms with Crippen molar-refractivity contribution in [3.05, 3.63) is 55.9 Å². The summed E-state index contributed by atoms with van der Waals surface area (Å²) < 4.78 is 14.3. The van der Waals surface area contributed by atoms with Crippen LogP contribution in [0.2, 0.25) is 0 Å². The molecule has 4 heteroatoms. The Labute approximate surface area is 111 Å². The van der Waals surface area contributed by atoms with Gasteiger partial charge in [-0.05, 0) is 58.2 Å². The molecular formula is C12H9BrClFS. The van der Waals surface area contributed by atoms with Gasteiger partial charge in [0.25, 0.3) is 0 Å². The summed E-state index contributed by atoms with van der Waals surface area (Å²) in [5, 5.41) is -0.286. The molecule has 16 heavy (non-hydrogen) atoms. The summed E-state index contributed by atoms with van der Waals surface area (Å²) in [7, 11) is 0. The van der Waals surface area contributed by atoms with Crippen LogP contribution in [0.25, 0.3) is 0 Å². The molecule has 0 radical (unpaired) electrons. The summed E-state index contributed by atoms with van der Waals surface area (Å²) in [5.74, 6) is -0.240. The molecule has 0 N–H and O–H groups in total. The number of halogens is 3. The minimum Gasteiger partial charge on any atom is -0.207 e. The topological polar surface area (TPSA) is 0 Å². The molecule has 1 unspecified atom stereocenters. The van der Waals surface area contributed by atoms with Gasteiger partial charge in [0.1, 0.15) is 5.82 Å². The molecule has 0 bridgehead atoms. The zero-order chi connectivity index (χ0) is 11.7. The smallest absolute Gasteiger partial charge is 0.123 e. The van der Waals surface area contributed by atoms with Crippen molar-refractivity contribution in [3.8, 4) is 0 Å². The summed E-state index contributed by atoms with van der Waals surface area (Å²) in [6.07, 6.45) is 0. The summed E-state index contributed by atoms with van der Waals surface area (Å²) in [4.78, 5) is 1.01. The number of hydrogen-bond donors (Lipinski definition) is 0. The first kappa shape index (κ1) is 12.1. The molecule has 0 nitrogen and oxygen atoms in total. The quantitative estimate of drug-likeness (QED) is 0.660. The van der Waals surface area contributed by atoms with E-state index in [9.17, 15) is 4.39 Å². The standard InChI is InChI=1S/C12H9BrClFS/c1-7-4-8(6-9(15)5-7)12(14)10-2-3-11(13)16-10/h2-6,12H,1H3. The second kappa shape index (κ2) is 4.86. The van der Waals surface area contributed by atoms with E-state index in [2.05, 4.69) is 15.9 Å². The Bertz CT molecular complexity index is 489. The highest BCUT2D eigenvalue weighted by molar-refractivity contribution is 9.11. The third-order valence-corrected chi connectivity index (χ3v) is 4.51. The van der Waals surface area contributed by atoms with E-state index >= 15 is 0 Å². The Hall–Kier alpha value is -0.380. The number of rotatable bonds is 2. The molecule has 84 valence electrons. The Morgan fingerprint density at radius 1 is 1.31 bits per heavy atom. The predicted octanol–water partition coefficient (Wildman–Crippen LogP) is 5.29. The molecule has 0 aliphatic rings. The number of alkyl halides is 1. The molecule has 1 heterocycles. The van der Waals surface area contributed by atoms with Crippen LogP contribution in [-0.4, -0.2) is 0 Å². The minimum absolute atomic E-state index is 0.240. The molecule has 0 fully saturated rings. The van der Waals surface area contributed by atoms with Gasteiger partial charge in [0.05, 0.1) is 9.16 Å². The normalized spacial score (nSPS) is 12.8. The molecule has 2 rings (SSSR count). The van der Waals surface area contributed by atoms with E-state index in [0.717, 1.165) is 19.8 Å². The second-order valence-corrected chi connectivity index (χ2v) is 6.50. The monoisotopic (exact) mass is 318 g/mol. The van der Waals surface area contributed by atoms with Crippen LogP contribution in [-0.2, 0) is 0 Å². The van der Waals surface area contributed by atoms with Gasteiger partial charge in [0.2, 0.25) is 0 Å². The zero-order valence-corrected chi connectivity index (χ0v) is 11.7. The van der Waals surface area contributed by atoms with E-state index in [1.54, 1.807) is 11.3 Å². The van der Waals surface area contributed by atoms with Crippen LogP contribution in [0.1, 0.15) is 21.4 Å². The highest BCUT2D eigenvalue weighted by Gasteiger charge is 2.14. The van der Waals surface area contributed by atoms with E-state index in [1.807, 2.05) is 25.1 Å². The molecule has 0 amide bonds. The Kier molecular flexibility index (Phi) is 3.67. The fourth-order valence-electron chi connectivity index (χ4n) is 1.54. The minimum atomic E-state index is -0.286. The van der Waals surface area contributed by atoms with Gasteiger partial charge in [-0.1, -0.05) is 6.07 Å². The molecule has 0 aliphatic carbocycles. The van der Waals surface area contributed by atoms with Gasteiger partial charge >= 0.3 is 0 Å². The van der Waals surface area contributed by atoms with Crippen LogP contribution in [0.4, 0.5) is 4.39 Å². The molecule has 1 aromatic heterocycles. The van der Waals surface area contributed by atoms with Crippen molar-refractivity contribution in [2.24, 2.45) is 0 Å². The first-order valence-electron chi connectivity index (χ1n) is 4.72. The maximum absolute atomic E-state index is 13.2. The summed E-state index contributed by atoms with van der Waals surface area (Å²) in [6.45, 7) is 1.86. The summed E-state index contributed by atoms with van der Waals surface area (Å²) in [5.41, 5.74) is 1.68. The second-order valence-electron chi connectivity index (χ2n) is 3.57. The van der Waals surface area contributed by atoms with E-state index in [-0.39, 0.29) is 11.2 Å². The first-order valence-corrected chi connectivity index (χ1v) is 6.77. The lowest BCUT2D eigenvalue weighted by molar-refractivity contribution is 0.624. The predicted molar refractivity (Wildman–Crippen MR) is 70.9 cm³/mol. The fraction of sp³-hybridized carbons (Fsp3) is 0.167. The van der Waals surface area contributed by atoms with Gasteiger partial charge in [-0.25, -0.2) is 4.39 Å². The Morgan fingerprint density at radius 2 is 2.06 bits per heavy atom. The maximum atomic E-state index is 13.2. The highest BCUT2D eigenvalue weighted by atomic mass is 79.9. The first-order chi connectivity index (χ1) is 7.56. The lowest BCUT2D eigenvalue weighted by Crippen LogP contribution is -1.92. The molecule has 0 saturated carbocycles. The highest BCUT2D eigenvalue weighted by Crippen LogP contribution is 2.36. The zero-order valence-electron chi connectivity index (χ0n) is 8.51. The van der Waals surface area contributed by atoms with Crippen LogP contribution < -0.4 is 0 Å². The van der Waals surface area contributed by atoms with Crippen LogP contribution >= 0.6 is 38.9 Å². The van der Waals surface area contributed by atoms with Gasteiger partial charge in [-0.15, -0.1) is 22.9 Å². The van der Waals surface area contributed by atoms with Gasteiger partial charge in [-0.3, -0.25) is 0 Å². The molecule has 1 aromatic carbocycles. The molecule has 0 aliphatic heterocycles. The largest absolute Gasteiger partial charge is 0.207 e. The van der Waals surface area contributed by atoms with Crippen molar-refractivity contribution in [1.82, 2.24) is 0 Å². The van der Waals surface area contributed by atoms with E-state index in [1.165, 1.54) is 12.1 Å². The Balaban J connectivity index is 2.37. The summed E-state index contributed by atoms with van der Waals surface area (Å²) in [6, 6.07) is 8.79. The van der Waals surface area contributed by atoms with Crippen molar-refractivity contribution >= 4 is 38.9 Å². The lowest BCUT2D eigenvalue weighted by atomic mass is 10.1. The third kappa shape index (κ3) is 2.65. The van der Waals surface area contributed by atoms with Crippen molar-refractivity contribution < 1.29 is 4.39 Å². The van der Waals surface area contributed by atoms with Crippen LogP contribution in [0.15, 0.2) is 34.1 Å². The third-order valence-electron chi connectivity index (χ3n) is 2.20. The molecule has 0 saturated heterocycles. The average Bonchev–Trinajstić information content (AvgIpc) is 2.62. The Morgan fingerprint density at radius 3 is 2.62 bits per heavy atom. The van der Waals surface area contributed by atoms with Gasteiger partial charge in [0, 0.05) is 4.88 Å². The van der Waals surface area contributed by atoms with Crippen molar-refractivity contribution in [3.63, 3.8) is 0 Å². The maximum Gasteiger partial charge on any atom is 0.123 e. The average molecular weight is 320 g/mol. The number of hydrogen-bond acceptors (Lipinski definition) is 1. The number of aryl methyl sites for hydroxylation is 1. The molecule has 0 spiro atoms. The van der Waals surface area contributed by atoms with Gasteiger partial charge in [0.15, 0.2) is 0 Å². The fourth-order valence-corrected chi connectivity index (χ4v) is 3.30. The van der Waals surface area contributed by atoms with E-state index < -0.39 is 0 Å². The van der Waals surface area contributed by atoms with E-state index in [0.29, 0.717) is 0 Å². The lowest BCUT2D eigenvalue weighted by Gasteiger charge is -2.08. The van der Waals surface area contributed by atoms with E-state index in [4.69, 9.17) is 11.6 Å². The van der Waals surface area contributed by atoms with Crippen molar-refractivity contribution in [2.75, 3.05) is 0 Å². The number of thiophene rings is 1. The number of benzene rings is 1. The van der Waals surface area contributed by atoms with Crippen LogP contribution in [0.3, 0.4) is 0 Å². The van der Waals surface area contributed by atoms with Crippen molar-refractivity contribution in [1.29, 1.82) is 0 Å². The van der Waals surface area contributed by atoms with Gasteiger partial charge in [-0.2, -0.15) is 0 Å². The van der Waals surface area contributed by atoms with Crippen LogP contribution in [0, 0.1) is 12.7 Å². The molecule has 1 atom stereocenters. The molecule has 2 aromatic rings. The van der Waals surface area contributed by atoms with Crippen LogP contribution in [0.5, 0.6) is 0 Å². The van der Waals surface area contributed by atoms with Gasteiger partial charge < -0.3 is 0 Å². The summed E-state index contributed by atoms with van der Waals surface area (Å²) >= 11 is 11.3. The van der Waals surface area contributed by atoms with Crippen molar-refractivity contribution in [2.45, 2.75) is 12.3 Å². The molecular weight excluding hydrogens is 311 g/mol.